The van der Waals surface area contributed by atoms with Gasteiger partial charge >= 0.3 is 0 Å². The van der Waals surface area contributed by atoms with Crippen LogP contribution in [-0.2, 0) is 0 Å². The number of nitrogens with one attached hydrogen (secondary N) is 1. The van der Waals surface area contributed by atoms with Crippen molar-refractivity contribution in [2.75, 3.05) is 26.0 Å². The zero-order valence-electron chi connectivity index (χ0n) is 13.0. The molecule has 1 aliphatic rings. The van der Waals surface area contributed by atoms with Gasteiger partial charge < -0.3 is 10.2 Å². The Balaban J connectivity index is 1.69. The molecule has 0 aliphatic heterocycles. The van der Waals surface area contributed by atoms with Gasteiger partial charge in [0.1, 0.15) is 11.6 Å². The maximum Gasteiger partial charge on any atom is 0.133 e. The Hall–Kier alpha value is -1.65. The van der Waals surface area contributed by atoms with Crippen LogP contribution in [0.3, 0.4) is 0 Å². The van der Waals surface area contributed by atoms with Crippen LogP contribution >= 0.6 is 11.6 Å². The van der Waals surface area contributed by atoms with E-state index in [4.69, 9.17) is 11.6 Å². The Morgan fingerprint density at radius 3 is 2.59 bits per heavy atom. The molecule has 0 spiro atoms. The summed E-state index contributed by atoms with van der Waals surface area (Å²) in [7, 11) is 4.16. The lowest BCUT2D eigenvalue weighted by Crippen LogP contribution is -2.27. The first-order valence-electron chi connectivity index (χ1n) is 7.62. The monoisotopic (exact) mass is 316 g/mol. The van der Waals surface area contributed by atoms with Crippen molar-refractivity contribution in [2.45, 2.75) is 24.8 Å². The molecule has 5 heteroatoms. The van der Waals surface area contributed by atoms with Gasteiger partial charge in [-0.1, -0.05) is 23.7 Å². The molecule has 1 aromatic carbocycles. The third-order valence-corrected chi connectivity index (χ3v) is 4.22. The van der Waals surface area contributed by atoms with E-state index >= 15 is 0 Å². The summed E-state index contributed by atoms with van der Waals surface area (Å²) < 4.78 is 0. The number of benzene rings is 1. The number of halogens is 1. The number of aromatic nitrogens is 2. The lowest BCUT2D eigenvalue weighted by atomic mass is 10.1. The maximum atomic E-state index is 5.98. The highest BCUT2D eigenvalue weighted by Crippen LogP contribution is 2.38. The van der Waals surface area contributed by atoms with Crippen LogP contribution in [0.4, 0.5) is 5.82 Å². The van der Waals surface area contributed by atoms with Gasteiger partial charge in [-0.15, -0.1) is 0 Å². The van der Waals surface area contributed by atoms with Crippen molar-refractivity contribution in [3.05, 3.63) is 52.9 Å². The van der Waals surface area contributed by atoms with Gasteiger partial charge in [0, 0.05) is 23.7 Å². The molecule has 1 N–H and O–H groups in total. The summed E-state index contributed by atoms with van der Waals surface area (Å²) in [4.78, 5) is 11.2. The maximum absolute atomic E-state index is 5.98. The Labute approximate surface area is 136 Å². The average Bonchev–Trinajstić information content (AvgIpc) is 3.34. The number of likely N-dealkylation sites (N-methyl/N-ethyl adjacent to an activating group) is 1. The number of rotatable bonds is 6. The van der Waals surface area contributed by atoms with E-state index < -0.39 is 0 Å². The largest absolute Gasteiger partial charge is 0.368 e. The molecule has 0 radical (unpaired) electrons. The fraction of sp³-hybridized carbons (Fsp3) is 0.412. The van der Waals surface area contributed by atoms with Crippen molar-refractivity contribution in [3.63, 3.8) is 0 Å². The molecule has 1 heterocycles. The Morgan fingerprint density at radius 2 is 1.95 bits per heavy atom. The second-order valence-electron chi connectivity index (χ2n) is 5.99. The van der Waals surface area contributed by atoms with Crippen molar-refractivity contribution in [1.82, 2.24) is 14.9 Å². The first-order valence-corrected chi connectivity index (χ1v) is 8.00. The molecule has 116 valence electrons. The molecular weight excluding hydrogens is 296 g/mol. The zero-order valence-corrected chi connectivity index (χ0v) is 13.7. The lowest BCUT2D eigenvalue weighted by molar-refractivity contribution is 0.311. The summed E-state index contributed by atoms with van der Waals surface area (Å²) in [6.07, 6.45) is 4.28. The van der Waals surface area contributed by atoms with Gasteiger partial charge in [-0.3, -0.25) is 0 Å². The second kappa shape index (κ2) is 6.63. The summed E-state index contributed by atoms with van der Waals surface area (Å²) in [5, 5.41) is 4.20. The topological polar surface area (TPSA) is 41.0 Å². The van der Waals surface area contributed by atoms with Gasteiger partial charge in [0.2, 0.25) is 0 Å². The summed E-state index contributed by atoms with van der Waals surface area (Å²) in [5.74, 6) is 2.44. The average molecular weight is 317 g/mol. The van der Waals surface area contributed by atoms with Crippen molar-refractivity contribution >= 4 is 17.4 Å². The third kappa shape index (κ3) is 3.76. The molecule has 1 atom stereocenters. The van der Waals surface area contributed by atoms with Gasteiger partial charge in [-0.05, 0) is 50.7 Å². The summed E-state index contributed by atoms with van der Waals surface area (Å²) >= 11 is 5.98. The third-order valence-electron chi connectivity index (χ3n) is 3.97. The summed E-state index contributed by atoms with van der Waals surface area (Å²) in [6.45, 7) is 0.787. The van der Waals surface area contributed by atoms with E-state index in [1.165, 1.54) is 18.4 Å². The standard InChI is InChI=1S/C17H21ClN4/c1-22(2)15(12-5-7-14(18)8-6-12)11-20-16-9-10-19-17(21-16)13-3-4-13/h5-10,13,15H,3-4,11H2,1-2H3,(H,19,20,21). The number of anilines is 1. The van der Waals surface area contributed by atoms with Gasteiger partial charge in [0.25, 0.3) is 0 Å². The van der Waals surface area contributed by atoms with Crippen LogP contribution in [0, 0.1) is 0 Å². The van der Waals surface area contributed by atoms with Gasteiger partial charge in [0.05, 0.1) is 6.04 Å². The molecule has 1 aliphatic carbocycles. The van der Waals surface area contributed by atoms with Crippen LogP contribution < -0.4 is 5.32 Å². The van der Waals surface area contributed by atoms with Gasteiger partial charge in [0.15, 0.2) is 0 Å². The first-order chi connectivity index (χ1) is 10.6. The first kappa shape index (κ1) is 15.3. The highest BCUT2D eigenvalue weighted by molar-refractivity contribution is 6.30. The Kier molecular flexibility index (Phi) is 4.60. The fourth-order valence-electron chi connectivity index (χ4n) is 2.50. The lowest BCUT2D eigenvalue weighted by Gasteiger charge is -2.25. The van der Waals surface area contributed by atoms with Crippen LogP contribution in [0.2, 0.25) is 5.02 Å². The summed E-state index contributed by atoms with van der Waals surface area (Å²) in [6, 6.07) is 10.2. The summed E-state index contributed by atoms with van der Waals surface area (Å²) in [5.41, 5.74) is 1.23. The predicted molar refractivity (Wildman–Crippen MR) is 90.4 cm³/mol. The zero-order chi connectivity index (χ0) is 15.5. The van der Waals surface area contributed by atoms with E-state index in [1.54, 1.807) is 0 Å². The Morgan fingerprint density at radius 1 is 1.23 bits per heavy atom. The molecule has 1 aromatic heterocycles. The molecular formula is C17H21ClN4. The van der Waals surface area contributed by atoms with Crippen molar-refractivity contribution in [2.24, 2.45) is 0 Å². The smallest absolute Gasteiger partial charge is 0.133 e. The molecule has 4 nitrogen and oxygen atoms in total. The van der Waals surface area contributed by atoms with Crippen LogP contribution in [0.5, 0.6) is 0 Å². The molecule has 0 saturated heterocycles. The molecule has 2 aromatic rings. The molecule has 1 saturated carbocycles. The predicted octanol–water partition coefficient (Wildman–Crippen LogP) is 3.72. The van der Waals surface area contributed by atoms with Gasteiger partial charge in [-0.2, -0.15) is 0 Å². The molecule has 1 fully saturated rings. The van der Waals surface area contributed by atoms with E-state index in [1.807, 2.05) is 24.4 Å². The van der Waals surface area contributed by atoms with Crippen molar-refractivity contribution in [3.8, 4) is 0 Å². The minimum atomic E-state index is 0.261. The normalized spacial score (nSPS) is 15.8. The molecule has 0 amide bonds. The molecule has 3 rings (SSSR count). The van der Waals surface area contributed by atoms with E-state index in [0.29, 0.717) is 5.92 Å². The van der Waals surface area contributed by atoms with Crippen LogP contribution in [-0.4, -0.2) is 35.5 Å². The van der Waals surface area contributed by atoms with Crippen LogP contribution in [0.25, 0.3) is 0 Å². The highest BCUT2D eigenvalue weighted by Gasteiger charge is 2.26. The van der Waals surface area contributed by atoms with E-state index in [-0.39, 0.29) is 6.04 Å². The van der Waals surface area contributed by atoms with Crippen LogP contribution in [0.1, 0.15) is 36.2 Å². The van der Waals surface area contributed by atoms with Crippen molar-refractivity contribution in [1.29, 1.82) is 0 Å². The number of nitrogens with zero attached hydrogens (tertiary/aromatic N) is 3. The molecule has 1 unspecified atom stereocenters. The second-order valence-corrected chi connectivity index (χ2v) is 6.42. The van der Waals surface area contributed by atoms with E-state index in [0.717, 1.165) is 23.2 Å². The minimum absolute atomic E-state index is 0.261. The van der Waals surface area contributed by atoms with E-state index in [9.17, 15) is 0 Å². The fourth-order valence-corrected chi connectivity index (χ4v) is 2.62. The van der Waals surface area contributed by atoms with Crippen LogP contribution in [0.15, 0.2) is 36.5 Å². The quantitative estimate of drug-likeness (QED) is 0.882. The molecule has 22 heavy (non-hydrogen) atoms. The van der Waals surface area contributed by atoms with Crippen molar-refractivity contribution < 1.29 is 0 Å². The van der Waals surface area contributed by atoms with E-state index in [2.05, 4.69) is 46.4 Å². The van der Waals surface area contributed by atoms with Gasteiger partial charge in [-0.25, -0.2) is 9.97 Å². The Bertz CT molecular complexity index is 623. The number of hydrogen-bond donors (Lipinski definition) is 1. The minimum Gasteiger partial charge on any atom is -0.368 e. The SMILES string of the molecule is CN(C)C(CNc1ccnc(C2CC2)n1)c1ccc(Cl)cc1. The number of hydrogen-bond acceptors (Lipinski definition) is 4. The molecule has 0 bridgehead atoms. The highest BCUT2D eigenvalue weighted by atomic mass is 35.5.